The molecule has 0 saturated carbocycles. The van der Waals surface area contributed by atoms with Crippen molar-refractivity contribution in [2.24, 2.45) is 0 Å². The highest BCUT2D eigenvalue weighted by Crippen LogP contribution is 2.30. The van der Waals surface area contributed by atoms with Crippen LogP contribution in [0.25, 0.3) is 0 Å². The number of anilines is 2. The summed E-state index contributed by atoms with van der Waals surface area (Å²) in [4.78, 5) is 4.16. The third-order valence-electron chi connectivity index (χ3n) is 2.29. The van der Waals surface area contributed by atoms with Crippen LogP contribution in [0.5, 0.6) is 5.75 Å². The van der Waals surface area contributed by atoms with Crippen molar-refractivity contribution < 1.29 is 4.74 Å². The summed E-state index contributed by atoms with van der Waals surface area (Å²) in [5.41, 5.74) is 1.41. The van der Waals surface area contributed by atoms with E-state index in [-0.39, 0.29) is 0 Å². The summed E-state index contributed by atoms with van der Waals surface area (Å²) < 4.78 is 5.55. The molecule has 18 heavy (non-hydrogen) atoms. The third kappa shape index (κ3) is 2.77. The maximum absolute atomic E-state index is 5.95. The van der Waals surface area contributed by atoms with E-state index in [1.165, 1.54) is 0 Å². The molecule has 2 N–H and O–H groups in total. The topological polar surface area (TPSA) is 62.8 Å². The van der Waals surface area contributed by atoms with E-state index in [2.05, 4.69) is 20.5 Å². The van der Waals surface area contributed by atoms with Crippen molar-refractivity contribution in [2.45, 2.75) is 6.92 Å². The molecule has 0 radical (unpaired) electrons. The van der Waals surface area contributed by atoms with E-state index in [9.17, 15) is 0 Å². The van der Waals surface area contributed by atoms with Gasteiger partial charge in [0.2, 0.25) is 4.77 Å². The molecule has 0 atom stereocenters. The number of methoxy groups -OCH3 is 1. The summed E-state index contributed by atoms with van der Waals surface area (Å²) in [6, 6.07) is 5.28. The first-order chi connectivity index (χ1) is 8.60. The largest absolute Gasteiger partial charge is 0.495 e. The minimum atomic E-state index is 0.309. The van der Waals surface area contributed by atoms with Crippen molar-refractivity contribution in [1.29, 1.82) is 0 Å². The molecule has 5 nitrogen and oxygen atoms in total. The second-order valence-electron chi connectivity index (χ2n) is 3.54. The fourth-order valence-electron chi connectivity index (χ4n) is 1.42. The smallest absolute Gasteiger partial charge is 0.215 e. The van der Waals surface area contributed by atoms with Gasteiger partial charge in [-0.25, -0.2) is 0 Å². The van der Waals surface area contributed by atoms with Crippen molar-refractivity contribution in [1.82, 2.24) is 15.2 Å². The molecule has 0 aliphatic carbocycles. The van der Waals surface area contributed by atoms with Gasteiger partial charge in [-0.05, 0) is 37.3 Å². The molecule has 0 bridgehead atoms. The molecule has 1 aromatic heterocycles. The lowest BCUT2D eigenvalue weighted by Crippen LogP contribution is -2.02. The Hall–Kier alpha value is -1.66. The first-order valence-corrected chi connectivity index (χ1v) is 5.92. The number of ether oxygens (including phenoxy) is 1. The lowest BCUT2D eigenvalue weighted by atomic mass is 10.3. The molecule has 7 heteroatoms. The normalized spacial score (nSPS) is 10.2. The van der Waals surface area contributed by atoms with Crippen LogP contribution in [0.1, 0.15) is 5.69 Å². The number of hydrogen-bond donors (Lipinski definition) is 2. The standard InChI is InChI=1S/C11H11ClN4OS/c1-6-10(14-11(18)16-15-6)13-8-5-7(12)3-4-9(8)17-2/h3-5H,1-2H3,(H2,13,14,16,18). The van der Waals surface area contributed by atoms with Gasteiger partial charge < -0.3 is 10.1 Å². The molecular formula is C11H11ClN4OS. The number of rotatable bonds is 3. The summed E-state index contributed by atoms with van der Waals surface area (Å²) in [5, 5.41) is 10.4. The van der Waals surface area contributed by atoms with Crippen molar-refractivity contribution in [3.63, 3.8) is 0 Å². The highest BCUT2D eigenvalue weighted by molar-refractivity contribution is 7.71. The minimum absolute atomic E-state index is 0.309. The van der Waals surface area contributed by atoms with Crippen LogP contribution in [0.2, 0.25) is 5.02 Å². The van der Waals surface area contributed by atoms with Crippen LogP contribution in [-0.2, 0) is 0 Å². The summed E-state index contributed by atoms with van der Waals surface area (Å²) in [5.74, 6) is 1.23. The Balaban J connectivity index is 2.42. The van der Waals surface area contributed by atoms with Crippen molar-refractivity contribution in [3.05, 3.63) is 33.7 Å². The van der Waals surface area contributed by atoms with Gasteiger partial charge in [0.05, 0.1) is 12.8 Å². The lowest BCUT2D eigenvalue weighted by Gasteiger charge is -2.11. The maximum Gasteiger partial charge on any atom is 0.215 e. The lowest BCUT2D eigenvalue weighted by molar-refractivity contribution is 0.417. The molecule has 0 amide bonds. The number of nitrogens with zero attached hydrogens (tertiary/aromatic N) is 2. The van der Waals surface area contributed by atoms with E-state index >= 15 is 0 Å². The van der Waals surface area contributed by atoms with Gasteiger partial charge in [0.15, 0.2) is 5.82 Å². The van der Waals surface area contributed by atoms with E-state index in [1.807, 2.05) is 6.92 Å². The predicted molar refractivity (Wildman–Crippen MR) is 73.2 cm³/mol. The SMILES string of the molecule is COc1ccc(Cl)cc1Nc1nc(=S)[nH]nc1C. The van der Waals surface area contributed by atoms with Crippen molar-refractivity contribution >= 4 is 35.3 Å². The average molecular weight is 283 g/mol. The van der Waals surface area contributed by atoms with Crippen LogP contribution in [-0.4, -0.2) is 22.3 Å². The van der Waals surface area contributed by atoms with Gasteiger partial charge in [-0.3, -0.25) is 5.10 Å². The molecule has 1 aromatic carbocycles. The fourth-order valence-corrected chi connectivity index (χ4v) is 1.72. The van der Waals surface area contributed by atoms with Crippen LogP contribution in [0.4, 0.5) is 11.5 Å². The molecule has 0 aliphatic rings. The van der Waals surface area contributed by atoms with Gasteiger partial charge in [0.25, 0.3) is 0 Å². The maximum atomic E-state index is 5.95. The summed E-state index contributed by atoms with van der Waals surface area (Å²) in [6.07, 6.45) is 0. The number of aromatic amines is 1. The molecule has 2 rings (SSSR count). The molecule has 2 aromatic rings. The van der Waals surface area contributed by atoms with Crippen LogP contribution in [0, 0.1) is 11.7 Å². The molecule has 1 heterocycles. The van der Waals surface area contributed by atoms with Crippen LogP contribution in [0.3, 0.4) is 0 Å². The zero-order valence-electron chi connectivity index (χ0n) is 9.82. The molecule has 0 spiro atoms. The van der Waals surface area contributed by atoms with Gasteiger partial charge in [0.1, 0.15) is 11.4 Å². The number of H-pyrrole nitrogens is 1. The first-order valence-electron chi connectivity index (χ1n) is 5.14. The Morgan fingerprint density at radius 2 is 2.22 bits per heavy atom. The number of halogens is 1. The molecule has 94 valence electrons. The molecular weight excluding hydrogens is 272 g/mol. The molecule has 0 saturated heterocycles. The van der Waals surface area contributed by atoms with Crippen molar-refractivity contribution in [2.75, 3.05) is 12.4 Å². The van der Waals surface area contributed by atoms with Crippen molar-refractivity contribution in [3.8, 4) is 5.75 Å². The van der Waals surface area contributed by atoms with Gasteiger partial charge in [-0.2, -0.15) is 10.1 Å². The monoisotopic (exact) mass is 282 g/mol. The van der Waals surface area contributed by atoms with Crippen LogP contribution in [0.15, 0.2) is 18.2 Å². The Kier molecular flexibility index (Phi) is 3.78. The average Bonchev–Trinajstić information content (AvgIpc) is 2.34. The summed E-state index contributed by atoms with van der Waals surface area (Å²) >= 11 is 10.9. The van der Waals surface area contributed by atoms with Gasteiger partial charge >= 0.3 is 0 Å². The Bertz CT molecular complexity index is 629. The quantitative estimate of drug-likeness (QED) is 0.846. The highest BCUT2D eigenvalue weighted by Gasteiger charge is 2.07. The van der Waals surface area contributed by atoms with Crippen LogP contribution >= 0.6 is 23.8 Å². The second kappa shape index (κ2) is 5.32. The Morgan fingerprint density at radius 1 is 1.44 bits per heavy atom. The van der Waals surface area contributed by atoms with Gasteiger partial charge in [-0.15, -0.1) is 0 Å². The number of nitrogens with one attached hydrogen (secondary N) is 2. The Morgan fingerprint density at radius 3 is 2.94 bits per heavy atom. The fraction of sp³-hybridized carbons (Fsp3) is 0.182. The van der Waals surface area contributed by atoms with E-state index < -0.39 is 0 Å². The summed E-state index contributed by atoms with van der Waals surface area (Å²) in [7, 11) is 1.59. The van der Waals surface area contributed by atoms with Crippen LogP contribution < -0.4 is 10.1 Å². The minimum Gasteiger partial charge on any atom is -0.495 e. The van der Waals surface area contributed by atoms with E-state index in [0.717, 1.165) is 0 Å². The number of hydrogen-bond acceptors (Lipinski definition) is 5. The highest BCUT2D eigenvalue weighted by atomic mass is 35.5. The second-order valence-corrected chi connectivity index (χ2v) is 4.37. The number of benzene rings is 1. The van der Waals surface area contributed by atoms with E-state index in [0.29, 0.717) is 32.7 Å². The number of aryl methyl sites for hydroxylation is 1. The molecule has 0 unspecified atom stereocenters. The third-order valence-corrected chi connectivity index (χ3v) is 2.71. The summed E-state index contributed by atoms with van der Waals surface area (Å²) in [6.45, 7) is 1.82. The van der Waals surface area contributed by atoms with Gasteiger partial charge in [-0.1, -0.05) is 11.6 Å². The zero-order valence-corrected chi connectivity index (χ0v) is 11.4. The predicted octanol–water partition coefficient (Wildman–Crippen LogP) is 3.25. The first kappa shape index (κ1) is 12.8. The number of aromatic nitrogens is 3. The van der Waals surface area contributed by atoms with E-state index in [4.69, 9.17) is 28.6 Å². The zero-order chi connectivity index (χ0) is 13.1. The molecule has 0 aliphatic heterocycles. The Labute approximate surface area is 114 Å². The van der Waals surface area contributed by atoms with Gasteiger partial charge in [0, 0.05) is 5.02 Å². The molecule has 0 fully saturated rings. The van der Waals surface area contributed by atoms with E-state index in [1.54, 1.807) is 25.3 Å².